The molecule has 2 heterocycles. The third kappa shape index (κ3) is 6.41. The lowest BCUT2D eigenvalue weighted by Gasteiger charge is -2.25. The van der Waals surface area contributed by atoms with E-state index in [9.17, 15) is 0 Å². The van der Waals surface area contributed by atoms with Gasteiger partial charge in [0.25, 0.3) is 0 Å². The Morgan fingerprint density at radius 2 is 0.553 bits per heavy atom. The largest absolute Gasteiger partial charge is 0.309 e. The van der Waals surface area contributed by atoms with Gasteiger partial charge in [0, 0.05) is 32.9 Å². The monoisotopic (exact) mass is 966 g/mol. The van der Waals surface area contributed by atoms with Crippen LogP contribution in [0.15, 0.2) is 272 Å². The number of rotatable bonds is 8. The molecule has 15 rings (SSSR count). The molecule has 0 unspecified atom stereocenters. The zero-order valence-electron chi connectivity index (χ0n) is 42.3. The molecule has 0 N–H and O–H groups in total. The van der Waals surface area contributed by atoms with Crippen LogP contribution in [-0.2, 0) is 0 Å². The first-order valence-electron chi connectivity index (χ1n) is 26.4. The second-order valence-electron chi connectivity index (χ2n) is 20.2. The fourth-order valence-corrected chi connectivity index (χ4v) is 13.3. The summed E-state index contributed by atoms with van der Waals surface area (Å²) in [5.74, 6) is 0. The third-order valence-corrected chi connectivity index (χ3v) is 16.2. The molecule has 76 heavy (non-hydrogen) atoms. The van der Waals surface area contributed by atoms with Crippen LogP contribution in [0.5, 0.6) is 0 Å². The van der Waals surface area contributed by atoms with Crippen LogP contribution in [0.1, 0.15) is 44.5 Å². The summed E-state index contributed by atoms with van der Waals surface area (Å²) in [5.41, 5.74) is 29.5. The number of nitrogens with zero attached hydrogens (tertiary/aromatic N) is 2. The van der Waals surface area contributed by atoms with Gasteiger partial charge in [0.15, 0.2) is 0 Å². The van der Waals surface area contributed by atoms with Gasteiger partial charge in [0.05, 0.1) is 22.1 Å². The molecule has 2 aromatic heterocycles. The lowest BCUT2D eigenvalue weighted by Crippen LogP contribution is -2.04. The minimum atomic E-state index is 1.14. The van der Waals surface area contributed by atoms with Crippen LogP contribution in [-0.4, -0.2) is 9.13 Å². The first-order valence-corrected chi connectivity index (χ1v) is 26.4. The van der Waals surface area contributed by atoms with Crippen LogP contribution >= 0.6 is 0 Å². The Balaban J connectivity index is 1.20. The van der Waals surface area contributed by atoms with Crippen molar-refractivity contribution in [3.8, 4) is 33.6 Å². The average molecular weight is 967 g/mol. The van der Waals surface area contributed by atoms with E-state index >= 15 is 0 Å². The first kappa shape index (κ1) is 43.8. The highest BCUT2D eigenvalue weighted by Crippen LogP contribution is 2.65. The molecule has 2 heteroatoms. The summed E-state index contributed by atoms with van der Waals surface area (Å²) < 4.78 is 4.92. The van der Waals surface area contributed by atoms with Gasteiger partial charge in [-0.15, -0.1) is 0 Å². The van der Waals surface area contributed by atoms with Crippen molar-refractivity contribution in [2.75, 3.05) is 0 Å². The van der Waals surface area contributed by atoms with Gasteiger partial charge >= 0.3 is 0 Å². The van der Waals surface area contributed by atoms with E-state index in [2.05, 4.69) is 290 Å². The highest BCUT2D eigenvalue weighted by Gasteiger charge is 2.44. The summed E-state index contributed by atoms with van der Waals surface area (Å²) in [6.07, 6.45) is 0. The topological polar surface area (TPSA) is 9.86 Å². The Kier molecular flexibility index (Phi) is 10.0. The molecule has 0 radical (unpaired) electrons. The molecule has 0 spiro atoms. The van der Waals surface area contributed by atoms with Crippen LogP contribution in [0.4, 0.5) is 0 Å². The van der Waals surface area contributed by atoms with Gasteiger partial charge in [-0.05, 0) is 163 Å². The normalized spacial score (nSPS) is 13.2. The van der Waals surface area contributed by atoms with Crippen molar-refractivity contribution in [1.29, 1.82) is 0 Å². The summed E-state index contributed by atoms with van der Waals surface area (Å²) >= 11 is 0. The number of hydrogen-bond acceptors (Lipinski definition) is 0. The standard InChI is InChI=1S/C74H50N2/c1-47-63(49-27-9-3-10-28-49)64(50-29-11-4-12-30-50)48(2)66-65(47)71(57-41-25-45-61-69(57)55-39-21-23-43-59(55)75(61)53-35-17-7-18-36-53)74-68(52-33-15-6-16-34-52)67(51-31-13-5-14-32-51)72(73(66)74)58-42-26-46-62-70(58)56-40-22-24-44-60(56)76(62)54-37-19-8-20-38-54/h3-46H,1-2H3. The summed E-state index contributed by atoms with van der Waals surface area (Å²) in [5, 5.41) is 4.95. The summed E-state index contributed by atoms with van der Waals surface area (Å²) in [6, 6.07) is 98.5. The lowest BCUT2D eigenvalue weighted by atomic mass is 9.78. The maximum Gasteiger partial charge on any atom is 0.0547 e. The summed E-state index contributed by atoms with van der Waals surface area (Å²) in [7, 11) is 0. The number of allylic oxidation sites excluding steroid dienone is 5. The molecular formula is C74H50N2. The van der Waals surface area contributed by atoms with E-state index in [1.54, 1.807) is 0 Å². The minimum Gasteiger partial charge on any atom is -0.309 e. The Bertz CT molecular complexity index is 4570. The molecule has 0 saturated heterocycles. The fourth-order valence-electron chi connectivity index (χ4n) is 13.3. The number of aromatic nitrogens is 2. The predicted molar refractivity (Wildman–Crippen MR) is 321 cm³/mol. The predicted octanol–water partition coefficient (Wildman–Crippen LogP) is 19.2. The van der Waals surface area contributed by atoms with Crippen molar-refractivity contribution in [3.63, 3.8) is 0 Å². The average Bonchev–Trinajstić information content (AvgIpc) is 4.28. The quantitative estimate of drug-likeness (QED) is 0.144. The maximum absolute atomic E-state index is 2.46. The molecule has 0 fully saturated rings. The molecule has 0 saturated carbocycles. The molecule has 2 aliphatic carbocycles. The highest BCUT2D eigenvalue weighted by molar-refractivity contribution is 6.42. The maximum atomic E-state index is 2.46. The van der Waals surface area contributed by atoms with Gasteiger partial charge in [-0.2, -0.15) is 0 Å². The van der Waals surface area contributed by atoms with Gasteiger partial charge < -0.3 is 9.13 Å². The Hall–Kier alpha value is -9.76. The van der Waals surface area contributed by atoms with Gasteiger partial charge in [0.2, 0.25) is 0 Å². The van der Waals surface area contributed by atoms with Crippen LogP contribution in [0, 0.1) is 13.8 Å². The van der Waals surface area contributed by atoms with E-state index in [0.29, 0.717) is 0 Å². The smallest absolute Gasteiger partial charge is 0.0547 e. The molecule has 13 aromatic rings. The number of hydrogen-bond donors (Lipinski definition) is 0. The van der Waals surface area contributed by atoms with Crippen LogP contribution in [0.3, 0.4) is 0 Å². The van der Waals surface area contributed by atoms with Crippen molar-refractivity contribution in [1.82, 2.24) is 9.13 Å². The number of para-hydroxylation sites is 4. The van der Waals surface area contributed by atoms with Gasteiger partial charge in [0.1, 0.15) is 0 Å². The van der Waals surface area contributed by atoms with Crippen molar-refractivity contribution in [3.05, 3.63) is 317 Å². The van der Waals surface area contributed by atoms with E-state index in [-0.39, 0.29) is 0 Å². The van der Waals surface area contributed by atoms with E-state index in [0.717, 1.165) is 11.4 Å². The zero-order valence-corrected chi connectivity index (χ0v) is 42.3. The molecule has 0 aliphatic heterocycles. The molecular weight excluding hydrogens is 917 g/mol. The van der Waals surface area contributed by atoms with Gasteiger partial charge in [-0.1, -0.05) is 218 Å². The summed E-state index contributed by atoms with van der Waals surface area (Å²) in [4.78, 5) is 0. The highest BCUT2D eigenvalue weighted by atomic mass is 15.0. The molecule has 356 valence electrons. The fraction of sp³-hybridized carbons (Fsp3) is 0.0270. The molecule has 0 amide bonds. The van der Waals surface area contributed by atoms with E-state index in [1.165, 1.54) is 144 Å². The van der Waals surface area contributed by atoms with E-state index in [4.69, 9.17) is 0 Å². The Morgan fingerprint density at radius 1 is 0.224 bits per heavy atom. The Labute approximate surface area is 442 Å². The third-order valence-electron chi connectivity index (χ3n) is 16.2. The van der Waals surface area contributed by atoms with Crippen LogP contribution < -0.4 is 0 Å². The van der Waals surface area contributed by atoms with Crippen molar-refractivity contribution < 1.29 is 0 Å². The summed E-state index contributed by atoms with van der Waals surface area (Å²) in [6.45, 7) is 4.81. The number of benzene rings is 11. The molecule has 11 aromatic carbocycles. The Morgan fingerprint density at radius 3 is 0.987 bits per heavy atom. The van der Waals surface area contributed by atoms with E-state index < -0.39 is 0 Å². The zero-order chi connectivity index (χ0) is 50.4. The van der Waals surface area contributed by atoms with Crippen molar-refractivity contribution >= 4 is 71.5 Å². The van der Waals surface area contributed by atoms with Crippen LogP contribution in [0.2, 0.25) is 0 Å². The second-order valence-corrected chi connectivity index (χ2v) is 20.2. The lowest BCUT2D eigenvalue weighted by molar-refractivity contribution is 1.18. The minimum absolute atomic E-state index is 1.14. The van der Waals surface area contributed by atoms with Crippen LogP contribution in [0.25, 0.3) is 105 Å². The first-order chi connectivity index (χ1) is 37.7. The molecule has 0 bridgehead atoms. The van der Waals surface area contributed by atoms with Crippen molar-refractivity contribution in [2.24, 2.45) is 0 Å². The van der Waals surface area contributed by atoms with E-state index in [1.807, 2.05) is 0 Å². The molecule has 2 nitrogen and oxygen atoms in total. The van der Waals surface area contributed by atoms with Gasteiger partial charge in [-0.3, -0.25) is 0 Å². The second kappa shape index (κ2) is 17.4. The SMILES string of the molecule is Cc1c2c(c(C)c(-c3ccccc3)c1-c1ccccc1)C(c1cccc3c1c1ccccc1n3-c1ccccc1)=C1C(c3ccccc3)=C(c3ccccc3)C(c3cccc4c3c3ccccc3n4-c3ccccc3)=C12. The van der Waals surface area contributed by atoms with Gasteiger partial charge in [-0.25, -0.2) is 0 Å². The van der Waals surface area contributed by atoms with Crippen molar-refractivity contribution in [2.45, 2.75) is 13.8 Å². The molecule has 0 atom stereocenters. The number of fused-ring (bicyclic) bond motifs is 9. The molecule has 2 aliphatic rings.